The van der Waals surface area contributed by atoms with Gasteiger partial charge < -0.3 is 5.11 Å². The third-order valence-electron chi connectivity index (χ3n) is 2.66. The van der Waals surface area contributed by atoms with E-state index in [1.807, 2.05) is 0 Å². The van der Waals surface area contributed by atoms with Crippen molar-refractivity contribution in [2.45, 2.75) is 25.4 Å². The van der Waals surface area contributed by atoms with Crippen molar-refractivity contribution in [2.75, 3.05) is 18.8 Å². The summed E-state index contributed by atoms with van der Waals surface area (Å²) >= 11 is 0. The first-order valence-corrected chi connectivity index (χ1v) is 6.35. The maximum atomic E-state index is 11.6. The lowest BCUT2D eigenvalue weighted by Gasteiger charge is -2.14. The largest absolute Gasteiger partial charge is 0.392 e. The van der Waals surface area contributed by atoms with E-state index in [1.165, 1.54) is 4.31 Å². The average Bonchev–Trinajstić information content (AvgIpc) is 2.70. The standard InChI is InChI=1S/C8H15NO3S/c10-8-3-4-9(5-8)13(11,12)6-7-1-2-7/h7-8,10H,1-6H2/t8-/m1/s1. The Morgan fingerprint density at radius 1 is 1.31 bits per heavy atom. The van der Waals surface area contributed by atoms with Gasteiger partial charge in [-0.15, -0.1) is 0 Å². The van der Waals surface area contributed by atoms with Gasteiger partial charge in [0, 0.05) is 13.1 Å². The van der Waals surface area contributed by atoms with Gasteiger partial charge in [-0.1, -0.05) is 0 Å². The maximum Gasteiger partial charge on any atom is 0.214 e. The smallest absolute Gasteiger partial charge is 0.214 e. The Kier molecular flexibility index (Phi) is 2.33. The molecular formula is C8H15NO3S. The lowest BCUT2D eigenvalue weighted by atomic mass is 10.3. The third kappa shape index (κ3) is 2.21. The first kappa shape index (κ1) is 9.43. The molecule has 5 heteroatoms. The average molecular weight is 205 g/mol. The molecule has 1 aliphatic heterocycles. The quantitative estimate of drug-likeness (QED) is 0.693. The Balaban J connectivity index is 1.97. The number of sulfonamides is 1. The third-order valence-corrected chi connectivity index (χ3v) is 4.67. The monoisotopic (exact) mass is 205 g/mol. The van der Waals surface area contributed by atoms with Gasteiger partial charge in [0.25, 0.3) is 0 Å². The van der Waals surface area contributed by atoms with E-state index in [2.05, 4.69) is 0 Å². The van der Waals surface area contributed by atoms with Crippen molar-refractivity contribution in [3.63, 3.8) is 0 Å². The molecule has 2 rings (SSSR count). The van der Waals surface area contributed by atoms with E-state index >= 15 is 0 Å². The van der Waals surface area contributed by atoms with Crippen LogP contribution >= 0.6 is 0 Å². The SMILES string of the molecule is O=S(=O)(CC1CC1)N1CC[C@@H](O)C1. The van der Waals surface area contributed by atoms with Gasteiger partial charge in [-0.2, -0.15) is 4.31 Å². The Morgan fingerprint density at radius 2 is 2.00 bits per heavy atom. The van der Waals surface area contributed by atoms with Crippen LogP contribution in [0.2, 0.25) is 0 Å². The minimum Gasteiger partial charge on any atom is -0.392 e. The van der Waals surface area contributed by atoms with Crippen LogP contribution in [-0.2, 0) is 10.0 Å². The molecule has 76 valence electrons. The van der Waals surface area contributed by atoms with Crippen molar-refractivity contribution < 1.29 is 13.5 Å². The molecule has 13 heavy (non-hydrogen) atoms. The Hall–Kier alpha value is -0.130. The van der Waals surface area contributed by atoms with Gasteiger partial charge in [0.05, 0.1) is 11.9 Å². The number of nitrogens with zero attached hydrogens (tertiary/aromatic N) is 1. The van der Waals surface area contributed by atoms with Gasteiger partial charge in [0.2, 0.25) is 10.0 Å². The lowest BCUT2D eigenvalue weighted by Crippen LogP contribution is -2.32. The summed E-state index contributed by atoms with van der Waals surface area (Å²) in [5, 5.41) is 9.21. The van der Waals surface area contributed by atoms with E-state index in [-0.39, 0.29) is 0 Å². The second-order valence-corrected chi connectivity index (χ2v) is 6.04. The summed E-state index contributed by atoms with van der Waals surface area (Å²) in [7, 11) is -3.06. The highest BCUT2D eigenvalue weighted by Gasteiger charge is 2.35. The predicted molar refractivity (Wildman–Crippen MR) is 48.7 cm³/mol. The van der Waals surface area contributed by atoms with Crippen LogP contribution in [0.3, 0.4) is 0 Å². The minimum atomic E-state index is -3.06. The number of β-amino-alcohol motifs (C(OH)–C–C–N with tert-alkyl or cyclic N) is 1. The van der Waals surface area contributed by atoms with Crippen LogP contribution in [0.15, 0.2) is 0 Å². The van der Waals surface area contributed by atoms with E-state index in [4.69, 9.17) is 0 Å². The molecule has 0 bridgehead atoms. The highest BCUT2D eigenvalue weighted by atomic mass is 32.2. The molecular weight excluding hydrogens is 190 g/mol. The lowest BCUT2D eigenvalue weighted by molar-refractivity contribution is 0.189. The van der Waals surface area contributed by atoms with Gasteiger partial charge in [0.1, 0.15) is 0 Å². The molecule has 1 atom stereocenters. The van der Waals surface area contributed by atoms with Gasteiger partial charge in [-0.05, 0) is 25.2 Å². The van der Waals surface area contributed by atoms with Crippen LogP contribution in [0.25, 0.3) is 0 Å². The van der Waals surface area contributed by atoms with E-state index in [0.29, 0.717) is 31.2 Å². The van der Waals surface area contributed by atoms with Gasteiger partial charge in [-0.3, -0.25) is 0 Å². The summed E-state index contributed by atoms with van der Waals surface area (Å²) in [6.07, 6.45) is 2.24. The van der Waals surface area contributed by atoms with Crippen molar-refractivity contribution >= 4 is 10.0 Å². The second kappa shape index (κ2) is 3.22. The second-order valence-electron chi connectivity index (χ2n) is 4.02. The van der Waals surface area contributed by atoms with Crippen molar-refractivity contribution in [1.29, 1.82) is 0 Å². The first-order chi connectivity index (χ1) is 6.08. The molecule has 1 saturated heterocycles. The van der Waals surface area contributed by atoms with Crippen molar-refractivity contribution in [3.8, 4) is 0 Å². The minimum absolute atomic E-state index is 0.291. The van der Waals surface area contributed by atoms with Crippen molar-refractivity contribution in [1.82, 2.24) is 4.31 Å². The summed E-state index contributed by atoms with van der Waals surface area (Å²) in [5.41, 5.74) is 0. The molecule has 0 radical (unpaired) electrons. The summed E-state index contributed by atoms with van der Waals surface area (Å²) < 4.78 is 24.7. The van der Waals surface area contributed by atoms with Crippen molar-refractivity contribution in [2.24, 2.45) is 5.92 Å². The van der Waals surface area contributed by atoms with Crippen LogP contribution in [0.4, 0.5) is 0 Å². The van der Waals surface area contributed by atoms with Gasteiger partial charge >= 0.3 is 0 Å². The topological polar surface area (TPSA) is 57.6 Å². The van der Waals surface area contributed by atoms with Crippen LogP contribution in [0.5, 0.6) is 0 Å². The Labute approximate surface area is 78.6 Å². The molecule has 1 N–H and O–H groups in total. The number of aliphatic hydroxyl groups excluding tert-OH is 1. The van der Waals surface area contributed by atoms with Gasteiger partial charge in [-0.25, -0.2) is 8.42 Å². The zero-order valence-electron chi connectivity index (χ0n) is 7.52. The van der Waals surface area contributed by atoms with Crippen LogP contribution < -0.4 is 0 Å². The Bertz CT molecular complexity index is 284. The molecule has 1 heterocycles. The van der Waals surface area contributed by atoms with Crippen molar-refractivity contribution in [3.05, 3.63) is 0 Å². The van der Waals surface area contributed by atoms with E-state index in [9.17, 15) is 13.5 Å². The Morgan fingerprint density at radius 3 is 2.46 bits per heavy atom. The molecule has 0 spiro atoms. The summed E-state index contributed by atoms with van der Waals surface area (Å²) in [5.74, 6) is 0.683. The zero-order chi connectivity index (χ0) is 9.47. The first-order valence-electron chi connectivity index (χ1n) is 4.74. The molecule has 0 aromatic carbocycles. The predicted octanol–water partition coefficient (Wildman–Crippen LogP) is -0.207. The zero-order valence-corrected chi connectivity index (χ0v) is 8.33. The molecule has 4 nitrogen and oxygen atoms in total. The highest BCUT2D eigenvalue weighted by Crippen LogP contribution is 2.31. The molecule has 0 amide bonds. The summed E-state index contributed by atoms with van der Waals surface area (Å²) in [4.78, 5) is 0. The maximum absolute atomic E-state index is 11.6. The number of hydrogen-bond acceptors (Lipinski definition) is 3. The van der Waals surface area contributed by atoms with Crippen LogP contribution in [-0.4, -0.2) is 42.8 Å². The number of aliphatic hydroxyl groups is 1. The van der Waals surface area contributed by atoms with E-state index in [0.717, 1.165) is 12.8 Å². The molecule has 1 saturated carbocycles. The fourth-order valence-corrected chi connectivity index (χ4v) is 3.57. The van der Waals surface area contributed by atoms with E-state index < -0.39 is 16.1 Å². The molecule has 0 aromatic rings. The molecule has 1 aliphatic carbocycles. The summed E-state index contributed by atoms with van der Waals surface area (Å²) in [6, 6.07) is 0. The van der Waals surface area contributed by atoms with E-state index in [1.54, 1.807) is 0 Å². The fourth-order valence-electron chi connectivity index (χ4n) is 1.65. The summed E-state index contributed by atoms with van der Waals surface area (Å²) in [6.45, 7) is 0.797. The highest BCUT2D eigenvalue weighted by molar-refractivity contribution is 7.89. The van der Waals surface area contributed by atoms with Gasteiger partial charge in [0.15, 0.2) is 0 Å². The molecule has 0 unspecified atom stereocenters. The molecule has 0 aromatic heterocycles. The molecule has 2 fully saturated rings. The normalized spacial score (nSPS) is 31.0. The number of rotatable bonds is 3. The number of hydrogen-bond donors (Lipinski definition) is 1. The fraction of sp³-hybridized carbons (Fsp3) is 1.00. The van der Waals surface area contributed by atoms with Crippen LogP contribution in [0.1, 0.15) is 19.3 Å². The van der Waals surface area contributed by atoms with Crippen LogP contribution in [0, 0.1) is 5.92 Å². The molecule has 2 aliphatic rings.